The molecule has 0 amide bonds. The first kappa shape index (κ1) is 13.8. The quantitative estimate of drug-likeness (QED) is 0.826. The van der Waals surface area contributed by atoms with Crippen LogP contribution in [0.25, 0.3) is 0 Å². The van der Waals surface area contributed by atoms with Crippen LogP contribution in [0.2, 0.25) is 0 Å². The van der Waals surface area contributed by atoms with Crippen molar-refractivity contribution in [1.29, 1.82) is 5.26 Å². The second-order valence-corrected chi connectivity index (χ2v) is 4.35. The second-order valence-electron chi connectivity index (χ2n) is 4.35. The number of aliphatic carboxylic acids is 1. The van der Waals surface area contributed by atoms with E-state index in [-0.39, 0.29) is 6.54 Å². The lowest BCUT2D eigenvalue weighted by molar-refractivity contribution is -0.170. The van der Waals surface area contributed by atoms with Crippen molar-refractivity contribution in [2.75, 3.05) is 13.1 Å². The largest absolute Gasteiger partial charge is 0.480 e. The summed E-state index contributed by atoms with van der Waals surface area (Å²) in [5, 5.41) is 17.5. The van der Waals surface area contributed by atoms with Crippen LogP contribution < -0.4 is 0 Å². The molecule has 1 rings (SSSR count). The number of carboxylic acids is 1. The molecule has 0 aliphatic carbocycles. The fourth-order valence-corrected chi connectivity index (χ4v) is 1.99. The van der Waals surface area contributed by atoms with E-state index in [9.17, 15) is 18.0 Å². The lowest BCUT2D eigenvalue weighted by Crippen LogP contribution is -2.51. The van der Waals surface area contributed by atoms with E-state index in [2.05, 4.69) is 0 Å². The summed E-state index contributed by atoms with van der Waals surface area (Å²) < 4.78 is 37.3. The van der Waals surface area contributed by atoms with E-state index < -0.39 is 30.1 Å². The highest BCUT2D eigenvalue weighted by atomic mass is 19.4. The lowest BCUT2D eigenvalue weighted by Gasteiger charge is -2.32. The van der Waals surface area contributed by atoms with Gasteiger partial charge in [-0.15, -0.1) is 0 Å². The molecule has 7 heteroatoms. The van der Waals surface area contributed by atoms with Crippen LogP contribution in [0.5, 0.6) is 0 Å². The van der Waals surface area contributed by atoms with Crippen molar-refractivity contribution in [2.24, 2.45) is 5.92 Å². The van der Waals surface area contributed by atoms with Crippen LogP contribution in [-0.4, -0.2) is 40.8 Å². The molecule has 4 nitrogen and oxygen atoms in total. The molecule has 0 bridgehead atoms. The van der Waals surface area contributed by atoms with E-state index in [1.54, 1.807) is 0 Å². The fourth-order valence-electron chi connectivity index (χ4n) is 1.99. The van der Waals surface area contributed by atoms with Gasteiger partial charge in [-0.05, 0) is 26.3 Å². The van der Waals surface area contributed by atoms with Crippen molar-refractivity contribution in [1.82, 2.24) is 4.90 Å². The summed E-state index contributed by atoms with van der Waals surface area (Å²) in [4.78, 5) is 12.3. The van der Waals surface area contributed by atoms with Gasteiger partial charge in [-0.2, -0.15) is 18.4 Å². The molecule has 96 valence electrons. The molecular weight excluding hydrogens is 237 g/mol. The normalized spacial score (nSPS) is 27.7. The minimum Gasteiger partial charge on any atom is -0.480 e. The predicted octanol–water partition coefficient (Wildman–Crippen LogP) is 1.63. The van der Waals surface area contributed by atoms with E-state index in [1.165, 1.54) is 17.9 Å². The highest BCUT2D eigenvalue weighted by molar-refractivity contribution is 5.78. The SMILES string of the molecule is CC1(C(=O)O)CCCN1CC(C#N)C(F)(F)F. The Morgan fingerprint density at radius 1 is 1.65 bits per heavy atom. The Bertz CT molecular complexity index is 350. The van der Waals surface area contributed by atoms with Gasteiger partial charge in [0, 0.05) is 6.54 Å². The first-order valence-corrected chi connectivity index (χ1v) is 5.16. The Morgan fingerprint density at radius 2 is 2.24 bits per heavy atom. The van der Waals surface area contributed by atoms with Crippen molar-refractivity contribution in [2.45, 2.75) is 31.5 Å². The maximum atomic E-state index is 12.4. The molecule has 1 aliphatic rings. The van der Waals surface area contributed by atoms with Gasteiger partial charge in [0.05, 0.1) is 6.07 Å². The molecule has 1 saturated heterocycles. The average molecular weight is 250 g/mol. The van der Waals surface area contributed by atoms with Crippen LogP contribution in [0.15, 0.2) is 0 Å². The molecular formula is C10H13F3N2O2. The number of nitrogens with zero attached hydrogens (tertiary/aromatic N) is 2. The molecule has 17 heavy (non-hydrogen) atoms. The number of hydrogen-bond donors (Lipinski definition) is 1. The fraction of sp³-hybridized carbons (Fsp3) is 0.800. The van der Waals surface area contributed by atoms with E-state index in [0.717, 1.165) is 0 Å². The summed E-state index contributed by atoms with van der Waals surface area (Å²) >= 11 is 0. The van der Waals surface area contributed by atoms with Gasteiger partial charge < -0.3 is 5.11 Å². The van der Waals surface area contributed by atoms with Crippen molar-refractivity contribution < 1.29 is 23.1 Å². The van der Waals surface area contributed by atoms with Gasteiger partial charge in [0.2, 0.25) is 0 Å². The minimum absolute atomic E-state index is 0.275. The van der Waals surface area contributed by atoms with Crippen molar-refractivity contribution in [3.05, 3.63) is 0 Å². The summed E-state index contributed by atoms with van der Waals surface area (Å²) in [5.41, 5.74) is -1.29. The summed E-state index contributed by atoms with van der Waals surface area (Å²) in [6.45, 7) is 1.09. The number of rotatable bonds is 3. The number of likely N-dealkylation sites (tertiary alicyclic amines) is 1. The second kappa shape index (κ2) is 4.53. The van der Waals surface area contributed by atoms with Gasteiger partial charge in [0.15, 0.2) is 5.92 Å². The van der Waals surface area contributed by atoms with Crippen LogP contribution >= 0.6 is 0 Å². The molecule has 2 unspecified atom stereocenters. The number of halogens is 3. The third-order valence-electron chi connectivity index (χ3n) is 3.20. The molecule has 1 fully saturated rings. The molecule has 0 aromatic rings. The molecule has 0 spiro atoms. The number of carbonyl (C=O) groups is 1. The zero-order chi connectivity index (χ0) is 13.3. The first-order valence-electron chi connectivity index (χ1n) is 5.16. The molecule has 1 N–H and O–H groups in total. The van der Waals surface area contributed by atoms with Crippen molar-refractivity contribution in [3.63, 3.8) is 0 Å². The van der Waals surface area contributed by atoms with Gasteiger partial charge in [0.1, 0.15) is 5.54 Å². The number of carboxylic acid groups (broad SMARTS) is 1. The zero-order valence-corrected chi connectivity index (χ0v) is 9.29. The van der Waals surface area contributed by atoms with Crippen LogP contribution in [0, 0.1) is 17.2 Å². The first-order chi connectivity index (χ1) is 7.71. The Balaban J connectivity index is 2.81. The summed E-state index contributed by atoms with van der Waals surface area (Å²) in [6.07, 6.45) is -3.78. The topological polar surface area (TPSA) is 64.3 Å². The monoisotopic (exact) mass is 250 g/mol. The standard InChI is InChI=1S/C10H13F3N2O2/c1-9(8(16)17)3-2-4-15(9)6-7(5-14)10(11,12)13/h7H,2-4,6H2,1H3,(H,16,17). The summed E-state index contributed by atoms with van der Waals surface area (Å²) in [5.74, 6) is -3.28. The van der Waals surface area contributed by atoms with Gasteiger partial charge in [-0.3, -0.25) is 9.69 Å². The van der Waals surface area contributed by atoms with Crippen molar-refractivity contribution >= 4 is 5.97 Å². The molecule has 1 heterocycles. The molecule has 0 radical (unpaired) electrons. The summed E-state index contributed by atoms with van der Waals surface area (Å²) in [7, 11) is 0. The molecule has 0 saturated carbocycles. The van der Waals surface area contributed by atoms with E-state index >= 15 is 0 Å². The van der Waals surface area contributed by atoms with Crippen LogP contribution in [-0.2, 0) is 4.79 Å². The lowest BCUT2D eigenvalue weighted by atomic mass is 9.98. The van der Waals surface area contributed by atoms with Crippen LogP contribution in [0.1, 0.15) is 19.8 Å². The van der Waals surface area contributed by atoms with Gasteiger partial charge in [0.25, 0.3) is 0 Å². The Kier molecular flexibility index (Phi) is 3.67. The molecule has 0 aromatic heterocycles. The highest BCUT2D eigenvalue weighted by Gasteiger charge is 2.48. The van der Waals surface area contributed by atoms with Gasteiger partial charge in [-0.1, -0.05) is 0 Å². The van der Waals surface area contributed by atoms with Crippen LogP contribution in [0.3, 0.4) is 0 Å². The van der Waals surface area contributed by atoms with Crippen LogP contribution in [0.4, 0.5) is 13.2 Å². The number of alkyl halides is 3. The maximum absolute atomic E-state index is 12.4. The Labute approximate surface area is 96.6 Å². The third kappa shape index (κ3) is 2.69. The van der Waals surface area contributed by atoms with E-state index in [1.807, 2.05) is 0 Å². The van der Waals surface area contributed by atoms with Gasteiger partial charge in [-0.25, -0.2) is 0 Å². The van der Waals surface area contributed by atoms with Crippen molar-refractivity contribution in [3.8, 4) is 6.07 Å². The highest BCUT2D eigenvalue weighted by Crippen LogP contribution is 2.33. The maximum Gasteiger partial charge on any atom is 0.405 e. The van der Waals surface area contributed by atoms with E-state index in [0.29, 0.717) is 12.8 Å². The number of hydrogen-bond acceptors (Lipinski definition) is 3. The minimum atomic E-state index is -4.61. The Hall–Kier alpha value is -1.29. The summed E-state index contributed by atoms with van der Waals surface area (Å²) in [6, 6.07) is 1.19. The Morgan fingerprint density at radius 3 is 2.65 bits per heavy atom. The zero-order valence-electron chi connectivity index (χ0n) is 9.29. The smallest absolute Gasteiger partial charge is 0.405 e. The molecule has 2 atom stereocenters. The molecule has 0 aromatic carbocycles. The molecule has 1 aliphatic heterocycles. The average Bonchev–Trinajstić information content (AvgIpc) is 2.56. The third-order valence-corrected chi connectivity index (χ3v) is 3.20. The number of nitriles is 1. The predicted molar refractivity (Wildman–Crippen MR) is 52.0 cm³/mol. The van der Waals surface area contributed by atoms with E-state index in [4.69, 9.17) is 10.4 Å². The van der Waals surface area contributed by atoms with Gasteiger partial charge >= 0.3 is 12.1 Å².